The van der Waals surface area contributed by atoms with Crippen LogP contribution in [0.25, 0.3) is 0 Å². The lowest BCUT2D eigenvalue weighted by Gasteiger charge is -2.60. The Kier molecular flexibility index (Phi) is 2.38. The van der Waals surface area contributed by atoms with Crippen LogP contribution in [0.3, 0.4) is 0 Å². The van der Waals surface area contributed by atoms with E-state index >= 15 is 0 Å². The van der Waals surface area contributed by atoms with Gasteiger partial charge in [-0.3, -0.25) is 4.79 Å². The van der Waals surface area contributed by atoms with Crippen LogP contribution in [-0.2, 0) is 0 Å². The third-order valence-corrected chi connectivity index (χ3v) is 6.92. The molecule has 4 aliphatic rings. The van der Waals surface area contributed by atoms with Gasteiger partial charge in [0.1, 0.15) is 0 Å². The molecule has 19 heavy (non-hydrogen) atoms. The Morgan fingerprint density at radius 2 is 1.95 bits per heavy atom. The number of aryl methyl sites for hydroxylation is 1. The van der Waals surface area contributed by atoms with Gasteiger partial charge in [0.2, 0.25) is 0 Å². The Labute approximate surface area is 119 Å². The van der Waals surface area contributed by atoms with Crippen molar-refractivity contribution in [1.82, 2.24) is 0 Å². The van der Waals surface area contributed by atoms with Gasteiger partial charge in [-0.15, -0.1) is 11.3 Å². The minimum Gasteiger partial charge on any atom is -0.293 e. The monoisotopic (exact) mass is 274 g/mol. The fraction of sp³-hybridized carbons (Fsp3) is 0.706. The molecule has 0 spiro atoms. The number of ketones is 1. The van der Waals surface area contributed by atoms with Crippen molar-refractivity contribution in [1.29, 1.82) is 0 Å². The number of thiophene rings is 1. The van der Waals surface area contributed by atoms with E-state index in [9.17, 15) is 4.79 Å². The van der Waals surface area contributed by atoms with E-state index in [-0.39, 0.29) is 5.41 Å². The van der Waals surface area contributed by atoms with Gasteiger partial charge in [0.15, 0.2) is 5.78 Å². The molecule has 0 aliphatic heterocycles. The van der Waals surface area contributed by atoms with Crippen LogP contribution in [0, 0.1) is 29.6 Å². The minimum absolute atomic E-state index is 0.00838. The van der Waals surface area contributed by atoms with Crippen LogP contribution in [-0.4, -0.2) is 5.78 Å². The molecule has 5 rings (SSSR count). The van der Waals surface area contributed by atoms with Gasteiger partial charge >= 0.3 is 0 Å². The first-order valence-corrected chi connectivity index (χ1v) is 8.47. The van der Waals surface area contributed by atoms with Gasteiger partial charge in [0, 0.05) is 5.41 Å². The molecule has 2 atom stereocenters. The zero-order valence-electron chi connectivity index (χ0n) is 11.9. The van der Waals surface area contributed by atoms with Gasteiger partial charge in [-0.2, -0.15) is 0 Å². The third kappa shape index (κ3) is 1.68. The average Bonchev–Trinajstić information content (AvgIpc) is 2.71. The molecule has 4 aliphatic carbocycles. The molecule has 1 heterocycles. The summed E-state index contributed by atoms with van der Waals surface area (Å²) in [5, 5.41) is 2.07. The van der Waals surface area contributed by atoms with Crippen LogP contribution in [0.15, 0.2) is 11.4 Å². The lowest BCUT2D eigenvalue weighted by atomic mass is 9.43. The molecule has 0 amide bonds. The predicted molar refractivity (Wildman–Crippen MR) is 78.6 cm³/mol. The maximum Gasteiger partial charge on any atom is 0.179 e. The van der Waals surface area contributed by atoms with E-state index in [0.29, 0.717) is 11.2 Å². The van der Waals surface area contributed by atoms with Gasteiger partial charge < -0.3 is 0 Å². The summed E-state index contributed by atoms with van der Waals surface area (Å²) >= 11 is 1.66. The molecule has 1 aromatic rings. The van der Waals surface area contributed by atoms with Crippen molar-refractivity contribution in [2.45, 2.75) is 52.4 Å². The second kappa shape index (κ2) is 3.72. The number of hydrogen-bond donors (Lipinski definition) is 0. The molecule has 102 valence electrons. The molecular formula is C17H22OS. The highest BCUT2D eigenvalue weighted by atomic mass is 32.1. The summed E-state index contributed by atoms with van der Waals surface area (Å²) in [5.74, 6) is 2.14. The fourth-order valence-electron chi connectivity index (χ4n) is 5.83. The highest BCUT2D eigenvalue weighted by Crippen LogP contribution is 2.66. The van der Waals surface area contributed by atoms with Gasteiger partial charge in [0.25, 0.3) is 0 Å². The first-order valence-electron chi connectivity index (χ1n) is 7.59. The average molecular weight is 274 g/mol. The molecule has 1 nitrogen and oxygen atoms in total. The number of hydrogen-bond acceptors (Lipinski definition) is 2. The van der Waals surface area contributed by atoms with E-state index in [4.69, 9.17) is 0 Å². The quantitative estimate of drug-likeness (QED) is 0.705. The largest absolute Gasteiger partial charge is 0.293 e. The standard InChI is InChI=1S/C17H22OS/c1-11-3-4-19-14(11)15(18)17-8-12-5-13(9-17)7-16(2,6-12)10-17/h3-4,12-13H,5-10H2,1-2H3. The van der Waals surface area contributed by atoms with Crippen LogP contribution in [0.4, 0.5) is 0 Å². The number of rotatable bonds is 2. The summed E-state index contributed by atoms with van der Waals surface area (Å²) in [7, 11) is 0. The summed E-state index contributed by atoms with van der Waals surface area (Å²) in [5.41, 5.74) is 1.66. The first kappa shape index (κ1) is 12.1. The Bertz CT molecular complexity index is 527. The molecule has 0 N–H and O–H groups in total. The Morgan fingerprint density at radius 1 is 1.26 bits per heavy atom. The maximum absolute atomic E-state index is 13.1. The normalized spacial score (nSPS) is 43.7. The van der Waals surface area contributed by atoms with Crippen molar-refractivity contribution in [2.75, 3.05) is 0 Å². The summed E-state index contributed by atoms with van der Waals surface area (Å²) in [6.45, 7) is 4.53. The lowest BCUT2D eigenvalue weighted by Crippen LogP contribution is -2.53. The van der Waals surface area contributed by atoms with E-state index in [1.54, 1.807) is 11.3 Å². The third-order valence-electron chi connectivity index (χ3n) is 5.90. The van der Waals surface area contributed by atoms with E-state index in [2.05, 4.69) is 25.3 Å². The van der Waals surface area contributed by atoms with E-state index in [1.165, 1.54) is 37.7 Å². The van der Waals surface area contributed by atoms with Crippen molar-refractivity contribution >= 4 is 17.1 Å². The van der Waals surface area contributed by atoms with Crippen molar-refractivity contribution in [3.8, 4) is 0 Å². The van der Waals surface area contributed by atoms with Crippen LogP contribution in [0.1, 0.15) is 60.7 Å². The smallest absolute Gasteiger partial charge is 0.179 e. The number of carbonyl (C=O) groups is 1. The van der Waals surface area contributed by atoms with Crippen molar-refractivity contribution < 1.29 is 4.79 Å². The second-order valence-corrected chi connectivity index (χ2v) is 8.73. The van der Waals surface area contributed by atoms with Gasteiger partial charge in [-0.25, -0.2) is 0 Å². The fourth-order valence-corrected chi connectivity index (χ4v) is 6.82. The SMILES string of the molecule is Cc1ccsc1C(=O)C12CC3CC(CC(C)(C3)C1)C2. The Hall–Kier alpha value is -0.630. The molecule has 0 saturated heterocycles. The molecule has 0 radical (unpaired) electrons. The zero-order valence-corrected chi connectivity index (χ0v) is 12.7. The number of Topliss-reactive ketones (excluding diaryl/α,β-unsaturated/α-hetero) is 1. The molecule has 0 aromatic carbocycles. The molecule has 1 aromatic heterocycles. The van der Waals surface area contributed by atoms with Crippen LogP contribution >= 0.6 is 11.3 Å². The van der Waals surface area contributed by atoms with Crippen LogP contribution in [0.5, 0.6) is 0 Å². The van der Waals surface area contributed by atoms with E-state index < -0.39 is 0 Å². The van der Waals surface area contributed by atoms with Gasteiger partial charge in [-0.1, -0.05) is 6.92 Å². The maximum atomic E-state index is 13.1. The molecule has 2 heteroatoms. The molecule has 4 bridgehead atoms. The van der Waals surface area contributed by atoms with Crippen LogP contribution in [0.2, 0.25) is 0 Å². The topological polar surface area (TPSA) is 17.1 Å². The predicted octanol–water partition coefficient (Wildman–Crippen LogP) is 4.85. The molecule has 4 fully saturated rings. The summed E-state index contributed by atoms with van der Waals surface area (Å²) in [6.07, 6.45) is 7.66. The lowest BCUT2D eigenvalue weighted by molar-refractivity contribution is -0.0819. The Balaban J connectivity index is 1.74. The molecule has 4 saturated carbocycles. The first-order chi connectivity index (χ1) is 9.00. The van der Waals surface area contributed by atoms with Gasteiger partial charge in [0.05, 0.1) is 4.88 Å². The van der Waals surface area contributed by atoms with Crippen molar-refractivity contribution in [2.24, 2.45) is 22.7 Å². The summed E-state index contributed by atoms with van der Waals surface area (Å²) in [6, 6.07) is 2.10. The van der Waals surface area contributed by atoms with Crippen molar-refractivity contribution in [3.63, 3.8) is 0 Å². The molecular weight excluding hydrogens is 252 g/mol. The van der Waals surface area contributed by atoms with Gasteiger partial charge in [-0.05, 0) is 79.7 Å². The molecule has 2 unspecified atom stereocenters. The number of carbonyl (C=O) groups excluding carboxylic acids is 1. The van der Waals surface area contributed by atoms with Crippen LogP contribution < -0.4 is 0 Å². The minimum atomic E-state index is 0.00838. The zero-order chi connectivity index (χ0) is 13.3. The summed E-state index contributed by atoms with van der Waals surface area (Å²) < 4.78 is 0. The van der Waals surface area contributed by atoms with Crippen molar-refractivity contribution in [3.05, 3.63) is 21.9 Å². The highest BCUT2D eigenvalue weighted by molar-refractivity contribution is 7.12. The summed E-state index contributed by atoms with van der Waals surface area (Å²) in [4.78, 5) is 14.2. The van der Waals surface area contributed by atoms with E-state index in [1.807, 2.05) is 0 Å². The highest BCUT2D eigenvalue weighted by Gasteiger charge is 2.58. The van der Waals surface area contributed by atoms with E-state index in [0.717, 1.165) is 23.1 Å². The second-order valence-electron chi connectivity index (χ2n) is 7.81. The Morgan fingerprint density at radius 3 is 2.47 bits per heavy atom.